The van der Waals surface area contributed by atoms with Gasteiger partial charge in [-0.25, -0.2) is 0 Å². The first-order valence-electron chi connectivity index (χ1n) is 9.54. The van der Waals surface area contributed by atoms with Crippen molar-refractivity contribution >= 4 is 11.8 Å². The van der Waals surface area contributed by atoms with Crippen LogP contribution in [0, 0.1) is 11.3 Å². The number of benzene rings is 1. The zero-order chi connectivity index (χ0) is 19.3. The van der Waals surface area contributed by atoms with Crippen LogP contribution < -0.4 is 16.0 Å². The molecule has 1 aromatic rings. The summed E-state index contributed by atoms with van der Waals surface area (Å²) in [5.41, 5.74) is 0.0814. The van der Waals surface area contributed by atoms with Crippen LogP contribution in [0.4, 0.5) is 0 Å². The fraction of sp³-hybridized carbons (Fsp3) is 0.550. The number of carbonyl (C=O) groups is 2. The highest BCUT2D eigenvalue weighted by molar-refractivity contribution is 5.94. The molecule has 0 spiro atoms. The Bertz CT molecular complexity index is 737. The van der Waals surface area contributed by atoms with Crippen LogP contribution in [0.5, 0.6) is 0 Å². The Hall–Kier alpha value is -2.43. The van der Waals surface area contributed by atoms with E-state index in [1.165, 1.54) is 0 Å². The van der Waals surface area contributed by atoms with Crippen LogP contribution in [0.1, 0.15) is 54.4 Å². The molecule has 0 radical (unpaired) electrons. The fourth-order valence-corrected chi connectivity index (χ4v) is 3.81. The molecule has 0 aromatic heterocycles. The first-order chi connectivity index (χ1) is 13.0. The van der Waals surface area contributed by atoms with Gasteiger partial charge in [-0.1, -0.05) is 25.3 Å². The highest BCUT2D eigenvalue weighted by atomic mass is 16.3. The van der Waals surface area contributed by atoms with Gasteiger partial charge in [0, 0.05) is 24.7 Å². The van der Waals surface area contributed by atoms with Crippen LogP contribution >= 0.6 is 0 Å². The summed E-state index contributed by atoms with van der Waals surface area (Å²) in [6.07, 6.45) is 5.08. The van der Waals surface area contributed by atoms with E-state index in [1.54, 1.807) is 24.3 Å². The Morgan fingerprint density at radius 3 is 2.81 bits per heavy atom. The number of rotatable bonds is 5. The monoisotopic (exact) mass is 370 g/mol. The Morgan fingerprint density at radius 1 is 1.30 bits per heavy atom. The predicted octanol–water partition coefficient (Wildman–Crippen LogP) is 0.830. The molecule has 7 heteroatoms. The van der Waals surface area contributed by atoms with Gasteiger partial charge in [0.25, 0.3) is 5.91 Å². The molecule has 2 aliphatic rings. The molecule has 27 heavy (non-hydrogen) atoms. The molecular weight excluding hydrogens is 344 g/mol. The van der Waals surface area contributed by atoms with Crippen molar-refractivity contribution in [3.05, 3.63) is 35.4 Å². The van der Waals surface area contributed by atoms with E-state index in [2.05, 4.69) is 16.0 Å². The van der Waals surface area contributed by atoms with Crippen molar-refractivity contribution in [1.29, 1.82) is 5.26 Å². The average Bonchev–Trinajstić information content (AvgIpc) is 3.15. The zero-order valence-corrected chi connectivity index (χ0v) is 15.3. The summed E-state index contributed by atoms with van der Waals surface area (Å²) in [6, 6.07) is 8.01. The van der Waals surface area contributed by atoms with E-state index >= 15 is 0 Å². The van der Waals surface area contributed by atoms with Crippen LogP contribution in [-0.2, 0) is 4.79 Å². The summed E-state index contributed by atoms with van der Waals surface area (Å²) < 4.78 is 0. The van der Waals surface area contributed by atoms with Crippen LogP contribution in [-0.4, -0.2) is 47.7 Å². The molecule has 144 valence electrons. The van der Waals surface area contributed by atoms with E-state index in [1.807, 2.05) is 6.07 Å². The minimum absolute atomic E-state index is 0.141. The lowest BCUT2D eigenvalue weighted by molar-refractivity contribution is -0.124. The van der Waals surface area contributed by atoms with Crippen LogP contribution in [0.15, 0.2) is 24.3 Å². The van der Waals surface area contributed by atoms with Gasteiger partial charge in [-0.2, -0.15) is 5.26 Å². The number of nitrogens with one attached hydrogen (secondary N) is 3. The Balaban J connectivity index is 1.47. The second kappa shape index (κ2) is 8.51. The van der Waals surface area contributed by atoms with E-state index < -0.39 is 5.60 Å². The molecule has 1 aromatic carbocycles. The number of carbonyl (C=O) groups excluding carboxylic acids is 2. The maximum Gasteiger partial charge on any atom is 0.251 e. The van der Waals surface area contributed by atoms with Gasteiger partial charge in [-0.05, 0) is 37.5 Å². The maximum absolute atomic E-state index is 12.4. The summed E-state index contributed by atoms with van der Waals surface area (Å²) in [4.78, 5) is 24.7. The van der Waals surface area contributed by atoms with Gasteiger partial charge >= 0.3 is 0 Å². The van der Waals surface area contributed by atoms with E-state index in [0.29, 0.717) is 24.1 Å². The van der Waals surface area contributed by atoms with Crippen molar-refractivity contribution in [2.45, 2.75) is 56.2 Å². The van der Waals surface area contributed by atoms with Crippen molar-refractivity contribution in [2.75, 3.05) is 13.1 Å². The summed E-state index contributed by atoms with van der Waals surface area (Å²) in [7, 11) is 0. The summed E-state index contributed by atoms with van der Waals surface area (Å²) in [5.74, 6) is -0.395. The highest BCUT2D eigenvalue weighted by Crippen LogP contribution is 2.27. The average molecular weight is 370 g/mol. The van der Waals surface area contributed by atoms with Gasteiger partial charge in [0.15, 0.2) is 0 Å². The normalized spacial score (nSPS) is 24.0. The Morgan fingerprint density at radius 2 is 2.07 bits per heavy atom. The second-order valence-electron chi connectivity index (χ2n) is 7.56. The molecule has 1 saturated carbocycles. The number of aliphatic hydroxyl groups is 1. The largest absolute Gasteiger partial charge is 0.388 e. The van der Waals surface area contributed by atoms with Gasteiger partial charge in [0.2, 0.25) is 5.91 Å². The van der Waals surface area contributed by atoms with Crippen LogP contribution in [0.25, 0.3) is 0 Å². The van der Waals surface area contributed by atoms with Crippen molar-refractivity contribution in [1.82, 2.24) is 16.0 Å². The van der Waals surface area contributed by atoms with E-state index in [4.69, 9.17) is 5.26 Å². The lowest BCUT2D eigenvalue weighted by Gasteiger charge is -2.32. The summed E-state index contributed by atoms with van der Waals surface area (Å²) in [6.45, 7) is 0.786. The Labute approximate surface area is 159 Å². The minimum Gasteiger partial charge on any atom is -0.388 e. The predicted molar refractivity (Wildman–Crippen MR) is 99.9 cm³/mol. The number of amides is 2. The van der Waals surface area contributed by atoms with Crippen molar-refractivity contribution in [3.63, 3.8) is 0 Å². The summed E-state index contributed by atoms with van der Waals surface area (Å²) in [5, 5.41) is 28.3. The van der Waals surface area contributed by atoms with Gasteiger partial charge in [0.1, 0.15) is 0 Å². The number of hydrogen-bond acceptors (Lipinski definition) is 5. The topological polar surface area (TPSA) is 114 Å². The van der Waals surface area contributed by atoms with Crippen LogP contribution in [0.3, 0.4) is 0 Å². The third-order valence-electron chi connectivity index (χ3n) is 5.41. The Kier molecular flexibility index (Phi) is 6.09. The van der Waals surface area contributed by atoms with Gasteiger partial charge in [-0.15, -0.1) is 0 Å². The lowest BCUT2D eigenvalue weighted by atomic mass is 9.85. The maximum atomic E-state index is 12.4. The molecule has 1 aliphatic carbocycles. The first kappa shape index (κ1) is 19.3. The number of nitrogens with zero attached hydrogens (tertiary/aromatic N) is 1. The van der Waals surface area contributed by atoms with Crippen molar-refractivity contribution in [2.24, 2.45) is 0 Å². The zero-order valence-electron chi connectivity index (χ0n) is 15.3. The molecule has 1 aliphatic heterocycles. The molecule has 7 nitrogen and oxygen atoms in total. The third kappa shape index (κ3) is 5.06. The molecule has 2 amide bonds. The van der Waals surface area contributed by atoms with E-state index in [0.717, 1.165) is 32.1 Å². The lowest BCUT2D eigenvalue weighted by Crippen LogP contribution is -2.48. The van der Waals surface area contributed by atoms with Crippen molar-refractivity contribution in [3.8, 4) is 6.07 Å². The standard InChI is InChI=1S/C20H26N4O3/c21-11-14-5-4-6-15(9-14)18(25)24-16-10-17(22-12-16)19(26)23-13-20(27)7-2-1-3-8-20/h4-6,9,16-17,22,27H,1-3,7-8,10,12-13H2,(H,23,26)(H,24,25)/t16-,17+/m1/s1. The molecule has 0 unspecified atom stereocenters. The quantitative estimate of drug-likeness (QED) is 0.613. The van der Waals surface area contributed by atoms with Gasteiger partial charge < -0.3 is 21.1 Å². The smallest absolute Gasteiger partial charge is 0.251 e. The molecule has 0 bridgehead atoms. The molecule has 2 fully saturated rings. The van der Waals surface area contributed by atoms with Crippen molar-refractivity contribution < 1.29 is 14.7 Å². The number of nitriles is 1. The van der Waals surface area contributed by atoms with Crippen LogP contribution in [0.2, 0.25) is 0 Å². The van der Waals surface area contributed by atoms with E-state index in [9.17, 15) is 14.7 Å². The highest BCUT2D eigenvalue weighted by Gasteiger charge is 2.33. The molecular formula is C20H26N4O3. The molecule has 2 atom stereocenters. The molecule has 1 saturated heterocycles. The molecule has 3 rings (SSSR count). The minimum atomic E-state index is -0.786. The van der Waals surface area contributed by atoms with Gasteiger partial charge in [0.05, 0.1) is 23.3 Å². The fourth-order valence-electron chi connectivity index (χ4n) is 3.81. The van der Waals surface area contributed by atoms with E-state index in [-0.39, 0.29) is 30.4 Å². The third-order valence-corrected chi connectivity index (χ3v) is 5.41. The summed E-state index contributed by atoms with van der Waals surface area (Å²) >= 11 is 0. The molecule has 1 heterocycles. The second-order valence-corrected chi connectivity index (χ2v) is 7.56. The SMILES string of the molecule is N#Cc1cccc(C(=O)N[C@H]2CN[C@H](C(=O)NCC3(O)CCCCC3)C2)c1. The van der Waals surface area contributed by atoms with Gasteiger partial charge in [-0.3, -0.25) is 9.59 Å². The number of hydrogen-bond donors (Lipinski definition) is 4. The molecule has 4 N–H and O–H groups in total. The first-order valence-corrected chi connectivity index (χ1v) is 9.54.